The monoisotopic (exact) mass is 263 g/mol. The molecule has 0 heterocycles. The van der Waals surface area contributed by atoms with Crippen molar-refractivity contribution in [2.75, 3.05) is 18.0 Å². The first-order valence-corrected chi connectivity index (χ1v) is 6.65. The Kier molecular flexibility index (Phi) is 4.16. The molecule has 18 heavy (non-hydrogen) atoms. The predicted molar refractivity (Wildman–Crippen MR) is 75.9 cm³/mol. The van der Waals surface area contributed by atoms with Gasteiger partial charge in [0.2, 0.25) is 0 Å². The molecule has 1 N–H and O–H groups in total. The lowest BCUT2D eigenvalue weighted by atomic mass is 10.1. The number of hydrogen-bond acceptors (Lipinski definition) is 2. The van der Waals surface area contributed by atoms with Crippen LogP contribution >= 0.6 is 11.6 Å². The van der Waals surface area contributed by atoms with Crippen molar-refractivity contribution in [2.24, 2.45) is 5.92 Å². The average molecular weight is 264 g/mol. The van der Waals surface area contributed by atoms with Crippen molar-refractivity contribution in [3.63, 3.8) is 0 Å². The molecule has 1 atom stereocenters. The Hall–Kier alpha value is -1.17. The van der Waals surface area contributed by atoms with Gasteiger partial charge in [-0.1, -0.05) is 23.6 Å². The summed E-state index contributed by atoms with van der Waals surface area (Å²) in [5.41, 5.74) is 1.79. The van der Waals surface area contributed by atoms with Gasteiger partial charge in [-0.3, -0.25) is 0 Å². The summed E-state index contributed by atoms with van der Waals surface area (Å²) in [5, 5.41) is 10.2. The van der Waals surface area contributed by atoms with E-state index in [0.29, 0.717) is 11.6 Å². The van der Waals surface area contributed by atoms with Gasteiger partial charge in [0.1, 0.15) is 0 Å². The lowest BCUT2D eigenvalue weighted by Crippen LogP contribution is -2.26. The molecule has 0 spiro atoms. The average Bonchev–Trinajstić information content (AvgIpc) is 3.12. The van der Waals surface area contributed by atoms with Gasteiger partial charge >= 0.3 is 0 Å². The van der Waals surface area contributed by atoms with Crippen LogP contribution in [0.15, 0.2) is 18.2 Å². The highest BCUT2D eigenvalue weighted by atomic mass is 35.5. The number of terminal acetylenes is 1. The summed E-state index contributed by atoms with van der Waals surface area (Å²) in [6.45, 7) is 3.27. The minimum absolute atomic E-state index is 0.499. The summed E-state index contributed by atoms with van der Waals surface area (Å²) in [5.74, 6) is 3.44. The van der Waals surface area contributed by atoms with Gasteiger partial charge < -0.3 is 10.0 Å². The molecule has 3 heteroatoms. The highest BCUT2D eigenvalue weighted by Gasteiger charge is 2.25. The van der Waals surface area contributed by atoms with Gasteiger partial charge in [0.25, 0.3) is 0 Å². The van der Waals surface area contributed by atoms with Crippen molar-refractivity contribution in [2.45, 2.75) is 25.9 Å². The molecule has 1 aromatic carbocycles. The fraction of sp³-hybridized carbons (Fsp3) is 0.467. The summed E-state index contributed by atoms with van der Waals surface area (Å²) in [6.07, 6.45) is 7.48. The highest BCUT2D eigenvalue weighted by Crippen LogP contribution is 2.34. The third-order valence-corrected chi connectivity index (χ3v) is 3.56. The minimum atomic E-state index is -0.499. The van der Waals surface area contributed by atoms with Gasteiger partial charge in [-0.05, 0) is 43.4 Å². The zero-order valence-electron chi connectivity index (χ0n) is 10.6. The Labute approximate surface area is 114 Å². The third-order valence-electron chi connectivity index (χ3n) is 3.25. The Morgan fingerprint density at radius 2 is 2.28 bits per heavy atom. The SMILES string of the molecule is C#CCN(CC1CC1)c1ccc([C@@H](C)O)cc1Cl. The first-order chi connectivity index (χ1) is 8.61. The van der Waals surface area contributed by atoms with Crippen LogP contribution in [0.4, 0.5) is 5.69 Å². The molecule has 96 valence electrons. The number of hydrogen-bond donors (Lipinski definition) is 1. The normalized spacial score (nSPS) is 16.1. The topological polar surface area (TPSA) is 23.5 Å². The maximum Gasteiger partial charge on any atom is 0.0792 e. The predicted octanol–water partition coefficient (Wildman–Crippen LogP) is 3.24. The van der Waals surface area contributed by atoms with Crippen LogP contribution in [0, 0.1) is 18.3 Å². The van der Waals surface area contributed by atoms with E-state index in [4.69, 9.17) is 18.0 Å². The van der Waals surface area contributed by atoms with E-state index in [1.165, 1.54) is 12.8 Å². The van der Waals surface area contributed by atoms with Crippen molar-refractivity contribution in [1.82, 2.24) is 0 Å². The number of anilines is 1. The molecule has 0 unspecified atom stereocenters. The number of aliphatic hydroxyl groups excluding tert-OH is 1. The van der Waals surface area contributed by atoms with E-state index in [0.717, 1.165) is 23.7 Å². The first-order valence-electron chi connectivity index (χ1n) is 6.27. The van der Waals surface area contributed by atoms with E-state index >= 15 is 0 Å². The largest absolute Gasteiger partial charge is 0.389 e. The van der Waals surface area contributed by atoms with Gasteiger partial charge in [0.15, 0.2) is 0 Å². The fourth-order valence-corrected chi connectivity index (χ4v) is 2.32. The Bertz CT molecular complexity index is 460. The molecule has 2 rings (SSSR count). The van der Waals surface area contributed by atoms with Crippen LogP contribution in [0.25, 0.3) is 0 Å². The van der Waals surface area contributed by atoms with Crippen molar-refractivity contribution < 1.29 is 5.11 Å². The zero-order valence-corrected chi connectivity index (χ0v) is 11.3. The molecule has 1 aliphatic rings. The lowest BCUT2D eigenvalue weighted by molar-refractivity contribution is 0.199. The fourth-order valence-electron chi connectivity index (χ4n) is 2.01. The molecule has 0 aliphatic heterocycles. The summed E-state index contributed by atoms with van der Waals surface area (Å²) in [6, 6.07) is 5.67. The van der Waals surface area contributed by atoms with E-state index in [1.54, 1.807) is 6.92 Å². The second-order valence-electron chi connectivity index (χ2n) is 4.91. The van der Waals surface area contributed by atoms with Crippen LogP contribution < -0.4 is 4.90 Å². The summed E-state index contributed by atoms with van der Waals surface area (Å²) in [4.78, 5) is 2.14. The molecular weight excluding hydrogens is 246 g/mol. The molecule has 0 amide bonds. The Morgan fingerprint density at radius 1 is 1.56 bits per heavy atom. The van der Waals surface area contributed by atoms with Gasteiger partial charge in [-0.25, -0.2) is 0 Å². The smallest absolute Gasteiger partial charge is 0.0792 e. The molecule has 1 aliphatic carbocycles. The summed E-state index contributed by atoms with van der Waals surface area (Å²) < 4.78 is 0. The van der Waals surface area contributed by atoms with Gasteiger partial charge in [-0.15, -0.1) is 6.42 Å². The van der Waals surface area contributed by atoms with Gasteiger partial charge in [-0.2, -0.15) is 0 Å². The molecular formula is C15H18ClNO. The van der Waals surface area contributed by atoms with Crippen molar-refractivity contribution in [3.05, 3.63) is 28.8 Å². The lowest BCUT2D eigenvalue weighted by Gasteiger charge is -2.24. The van der Waals surface area contributed by atoms with Crippen molar-refractivity contribution >= 4 is 17.3 Å². The molecule has 0 radical (unpaired) electrons. The Morgan fingerprint density at radius 3 is 2.78 bits per heavy atom. The van der Waals surface area contributed by atoms with Crippen LogP contribution in [-0.4, -0.2) is 18.2 Å². The third kappa shape index (κ3) is 3.19. The number of nitrogens with zero attached hydrogens (tertiary/aromatic N) is 1. The second kappa shape index (κ2) is 5.65. The molecule has 1 saturated carbocycles. The maximum absolute atomic E-state index is 9.53. The van der Waals surface area contributed by atoms with Crippen LogP contribution in [0.2, 0.25) is 5.02 Å². The second-order valence-corrected chi connectivity index (χ2v) is 5.32. The molecule has 1 fully saturated rings. The van der Waals surface area contributed by atoms with Crippen LogP contribution in [0.3, 0.4) is 0 Å². The Balaban J connectivity index is 2.20. The number of aliphatic hydroxyl groups is 1. The highest BCUT2D eigenvalue weighted by molar-refractivity contribution is 6.33. The van der Waals surface area contributed by atoms with E-state index in [1.807, 2.05) is 18.2 Å². The molecule has 0 aromatic heterocycles. The molecule has 0 bridgehead atoms. The maximum atomic E-state index is 9.53. The van der Waals surface area contributed by atoms with E-state index in [-0.39, 0.29) is 0 Å². The minimum Gasteiger partial charge on any atom is -0.389 e. The van der Waals surface area contributed by atoms with Crippen molar-refractivity contribution in [3.8, 4) is 12.3 Å². The zero-order chi connectivity index (χ0) is 13.1. The number of benzene rings is 1. The van der Waals surface area contributed by atoms with Crippen LogP contribution in [0.5, 0.6) is 0 Å². The number of rotatable bonds is 5. The summed E-state index contributed by atoms with van der Waals surface area (Å²) in [7, 11) is 0. The van der Waals surface area contributed by atoms with E-state index in [9.17, 15) is 5.11 Å². The van der Waals surface area contributed by atoms with Crippen LogP contribution in [-0.2, 0) is 0 Å². The van der Waals surface area contributed by atoms with Gasteiger partial charge in [0.05, 0.1) is 23.4 Å². The molecule has 2 nitrogen and oxygen atoms in total. The number of halogens is 1. The summed E-state index contributed by atoms with van der Waals surface area (Å²) >= 11 is 6.29. The van der Waals surface area contributed by atoms with Gasteiger partial charge in [0, 0.05) is 6.54 Å². The van der Waals surface area contributed by atoms with Crippen molar-refractivity contribution in [1.29, 1.82) is 0 Å². The molecule has 0 saturated heterocycles. The standard InChI is InChI=1S/C15H18ClNO/c1-3-8-17(10-12-4-5-12)15-7-6-13(11(2)18)9-14(15)16/h1,6-7,9,11-12,18H,4-5,8,10H2,2H3/t11-/m1/s1. The van der Waals surface area contributed by atoms with Crippen LogP contribution in [0.1, 0.15) is 31.4 Å². The first kappa shape index (κ1) is 13.3. The molecule has 1 aromatic rings. The van der Waals surface area contributed by atoms with E-state index < -0.39 is 6.10 Å². The quantitative estimate of drug-likeness (QED) is 0.825. The van der Waals surface area contributed by atoms with E-state index in [2.05, 4.69) is 10.8 Å².